The molecule has 4 heteroatoms. The van der Waals surface area contributed by atoms with Gasteiger partial charge in [-0.25, -0.2) is 0 Å². The zero-order valence-electron chi connectivity index (χ0n) is 8.49. The molecule has 0 aliphatic heterocycles. The Labute approximate surface area is 98.0 Å². The number of nitrogens with zero attached hydrogens (tertiary/aromatic N) is 1. The molecule has 15 heavy (non-hydrogen) atoms. The summed E-state index contributed by atoms with van der Waals surface area (Å²) < 4.78 is 0.996. The molecule has 1 aliphatic rings. The first-order chi connectivity index (χ1) is 7.25. The average molecular weight is 271 g/mol. The van der Waals surface area contributed by atoms with Crippen LogP contribution >= 0.6 is 15.9 Å². The SMILES string of the molecule is OC1CCC(Nc2ccncc2Br)CC1. The van der Waals surface area contributed by atoms with Gasteiger partial charge in [0.2, 0.25) is 0 Å². The number of aliphatic hydroxyl groups is 1. The Kier molecular flexibility index (Phi) is 3.59. The summed E-state index contributed by atoms with van der Waals surface area (Å²) in [4.78, 5) is 4.02. The first-order valence-corrected chi connectivity index (χ1v) is 6.09. The number of rotatable bonds is 2. The Balaban J connectivity index is 1.95. The number of anilines is 1. The highest BCUT2D eigenvalue weighted by atomic mass is 79.9. The standard InChI is InChI=1S/C11H15BrN2O/c12-10-7-13-6-5-11(10)14-8-1-3-9(15)4-2-8/h5-9,15H,1-4H2,(H,13,14). The van der Waals surface area contributed by atoms with Gasteiger partial charge in [0.25, 0.3) is 0 Å². The third-order valence-corrected chi connectivity index (χ3v) is 3.46. The van der Waals surface area contributed by atoms with E-state index in [1.54, 1.807) is 12.4 Å². The monoisotopic (exact) mass is 270 g/mol. The first kappa shape index (κ1) is 10.9. The lowest BCUT2D eigenvalue weighted by atomic mass is 9.93. The normalized spacial score (nSPS) is 26.3. The lowest BCUT2D eigenvalue weighted by molar-refractivity contribution is 0.126. The van der Waals surface area contributed by atoms with Crippen molar-refractivity contribution in [2.45, 2.75) is 37.8 Å². The molecule has 0 bridgehead atoms. The molecule has 0 unspecified atom stereocenters. The number of nitrogens with one attached hydrogen (secondary N) is 1. The second kappa shape index (κ2) is 4.94. The quantitative estimate of drug-likeness (QED) is 0.869. The minimum absolute atomic E-state index is 0.0936. The molecule has 0 aromatic carbocycles. The molecule has 0 radical (unpaired) electrons. The van der Waals surface area contributed by atoms with Gasteiger partial charge in [-0.3, -0.25) is 4.98 Å². The summed E-state index contributed by atoms with van der Waals surface area (Å²) in [6.45, 7) is 0. The van der Waals surface area contributed by atoms with Crippen LogP contribution < -0.4 is 5.32 Å². The maximum absolute atomic E-state index is 9.40. The van der Waals surface area contributed by atoms with Gasteiger partial charge >= 0.3 is 0 Å². The van der Waals surface area contributed by atoms with Crippen LogP contribution in [0.2, 0.25) is 0 Å². The molecule has 1 aromatic heterocycles. The summed E-state index contributed by atoms with van der Waals surface area (Å²) in [5.74, 6) is 0. The Hall–Kier alpha value is -0.610. The van der Waals surface area contributed by atoms with Crippen molar-refractivity contribution in [3.8, 4) is 0 Å². The van der Waals surface area contributed by atoms with Gasteiger partial charge in [-0.05, 0) is 47.7 Å². The van der Waals surface area contributed by atoms with Crippen molar-refractivity contribution >= 4 is 21.6 Å². The highest BCUT2D eigenvalue weighted by Gasteiger charge is 2.19. The summed E-state index contributed by atoms with van der Waals surface area (Å²) in [6, 6.07) is 2.45. The maximum atomic E-state index is 9.40. The van der Waals surface area contributed by atoms with Gasteiger partial charge in [-0.15, -0.1) is 0 Å². The number of hydrogen-bond acceptors (Lipinski definition) is 3. The number of aliphatic hydroxyl groups excluding tert-OH is 1. The molecular formula is C11H15BrN2O. The summed E-state index contributed by atoms with van der Waals surface area (Å²) in [6.07, 6.45) is 7.36. The van der Waals surface area contributed by atoms with Gasteiger partial charge in [0.15, 0.2) is 0 Å². The largest absolute Gasteiger partial charge is 0.393 e. The van der Waals surface area contributed by atoms with Crippen molar-refractivity contribution in [2.75, 3.05) is 5.32 Å². The minimum Gasteiger partial charge on any atom is -0.393 e. The van der Waals surface area contributed by atoms with Crippen LogP contribution in [0.25, 0.3) is 0 Å². The van der Waals surface area contributed by atoms with Crippen LogP contribution in [0.5, 0.6) is 0 Å². The van der Waals surface area contributed by atoms with Gasteiger partial charge in [0.1, 0.15) is 0 Å². The zero-order valence-corrected chi connectivity index (χ0v) is 10.1. The van der Waals surface area contributed by atoms with E-state index in [0.717, 1.165) is 35.8 Å². The van der Waals surface area contributed by atoms with Crippen LogP contribution in [0.15, 0.2) is 22.9 Å². The second-order valence-electron chi connectivity index (χ2n) is 4.01. The van der Waals surface area contributed by atoms with E-state index < -0.39 is 0 Å². The lowest BCUT2D eigenvalue weighted by Gasteiger charge is -2.27. The van der Waals surface area contributed by atoms with Crippen molar-refractivity contribution < 1.29 is 5.11 Å². The van der Waals surface area contributed by atoms with Gasteiger partial charge < -0.3 is 10.4 Å². The molecule has 0 saturated heterocycles. The van der Waals surface area contributed by atoms with E-state index in [1.807, 2.05) is 6.07 Å². The predicted octanol–water partition coefficient (Wildman–Crippen LogP) is 2.56. The van der Waals surface area contributed by atoms with Crippen LogP contribution in [-0.2, 0) is 0 Å². The second-order valence-corrected chi connectivity index (χ2v) is 4.86. The molecule has 82 valence electrons. The van der Waals surface area contributed by atoms with E-state index in [1.165, 1.54) is 0 Å². The van der Waals surface area contributed by atoms with E-state index >= 15 is 0 Å². The van der Waals surface area contributed by atoms with Gasteiger partial charge in [0, 0.05) is 18.4 Å². The number of pyridine rings is 1. The molecule has 1 fully saturated rings. The van der Waals surface area contributed by atoms with Crippen molar-refractivity contribution in [1.82, 2.24) is 4.98 Å². The fourth-order valence-corrected chi connectivity index (χ4v) is 2.30. The van der Waals surface area contributed by atoms with Crippen molar-refractivity contribution in [1.29, 1.82) is 0 Å². The molecule has 0 spiro atoms. The van der Waals surface area contributed by atoms with Crippen LogP contribution in [0.1, 0.15) is 25.7 Å². The zero-order chi connectivity index (χ0) is 10.7. The molecule has 2 N–H and O–H groups in total. The Bertz CT molecular complexity index is 324. The summed E-state index contributed by atoms with van der Waals surface area (Å²) >= 11 is 3.46. The summed E-state index contributed by atoms with van der Waals surface area (Å²) in [5, 5.41) is 12.9. The summed E-state index contributed by atoms with van der Waals surface area (Å²) in [5.41, 5.74) is 1.09. The number of halogens is 1. The van der Waals surface area contributed by atoms with E-state index in [-0.39, 0.29) is 6.10 Å². The third-order valence-electron chi connectivity index (χ3n) is 2.83. The molecule has 1 aromatic rings. The smallest absolute Gasteiger partial charge is 0.0590 e. The van der Waals surface area contributed by atoms with Crippen LogP contribution in [0.3, 0.4) is 0 Å². The van der Waals surface area contributed by atoms with Gasteiger partial charge in [0.05, 0.1) is 16.3 Å². The molecule has 2 rings (SSSR count). The van der Waals surface area contributed by atoms with Crippen LogP contribution in [0.4, 0.5) is 5.69 Å². The summed E-state index contributed by atoms with van der Waals surface area (Å²) in [7, 11) is 0. The number of hydrogen-bond donors (Lipinski definition) is 2. The highest BCUT2D eigenvalue weighted by Crippen LogP contribution is 2.26. The lowest BCUT2D eigenvalue weighted by Crippen LogP contribution is -2.28. The van der Waals surface area contributed by atoms with E-state index in [4.69, 9.17) is 0 Å². The minimum atomic E-state index is -0.0936. The third kappa shape index (κ3) is 2.92. The fraction of sp³-hybridized carbons (Fsp3) is 0.545. The van der Waals surface area contributed by atoms with Crippen molar-refractivity contribution in [3.63, 3.8) is 0 Å². The Morgan fingerprint density at radius 3 is 2.73 bits per heavy atom. The highest BCUT2D eigenvalue weighted by molar-refractivity contribution is 9.10. The van der Waals surface area contributed by atoms with Gasteiger partial charge in [-0.2, -0.15) is 0 Å². The maximum Gasteiger partial charge on any atom is 0.0590 e. The van der Waals surface area contributed by atoms with E-state index in [0.29, 0.717) is 6.04 Å². The van der Waals surface area contributed by atoms with Crippen molar-refractivity contribution in [2.24, 2.45) is 0 Å². The average Bonchev–Trinajstić information content (AvgIpc) is 2.25. The molecule has 3 nitrogen and oxygen atoms in total. The van der Waals surface area contributed by atoms with Crippen molar-refractivity contribution in [3.05, 3.63) is 22.9 Å². The molecule has 0 atom stereocenters. The van der Waals surface area contributed by atoms with E-state index in [2.05, 4.69) is 26.2 Å². The Morgan fingerprint density at radius 2 is 2.07 bits per heavy atom. The molecule has 0 amide bonds. The molecule has 1 heterocycles. The Morgan fingerprint density at radius 1 is 1.33 bits per heavy atom. The van der Waals surface area contributed by atoms with Gasteiger partial charge in [-0.1, -0.05) is 0 Å². The van der Waals surface area contributed by atoms with Crippen LogP contribution in [-0.4, -0.2) is 22.2 Å². The molecular weight excluding hydrogens is 256 g/mol. The topological polar surface area (TPSA) is 45.1 Å². The number of aromatic nitrogens is 1. The predicted molar refractivity (Wildman–Crippen MR) is 63.8 cm³/mol. The first-order valence-electron chi connectivity index (χ1n) is 5.30. The molecule has 1 aliphatic carbocycles. The fourth-order valence-electron chi connectivity index (χ4n) is 1.93. The van der Waals surface area contributed by atoms with E-state index in [9.17, 15) is 5.11 Å². The van der Waals surface area contributed by atoms with Crippen LogP contribution in [0, 0.1) is 0 Å². The molecule has 1 saturated carbocycles.